The van der Waals surface area contributed by atoms with E-state index in [1.54, 1.807) is 0 Å². The summed E-state index contributed by atoms with van der Waals surface area (Å²) >= 11 is 0. The van der Waals surface area contributed by atoms with Crippen LogP contribution in [-0.2, 0) is 27.9 Å². The Morgan fingerprint density at radius 3 is 2.30 bits per heavy atom. The molecule has 0 aliphatic heterocycles. The first kappa shape index (κ1) is 16.6. The Labute approximate surface area is 121 Å². The lowest BCUT2D eigenvalue weighted by molar-refractivity contribution is -0.139. The van der Waals surface area contributed by atoms with Crippen molar-refractivity contribution in [3.8, 4) is 0 Å². The summed E-state index contributed by atoms with van der Waals surface area (Å²) in [5, 5.41) is 0. The summed E-state index contributed by atoms with van der Waals surface area (Å²) < 4.78 is 4.77. The number of aryl methyl sites for hydroxylation is 1. The molecule has 5 nitrogen and oxygen atoms in total. The van der Waals surface area contributed by atoms with Crippen LogP contribution in [0.25, 0.3) is 0 Å². The van der Waals surface area contributed by atoms with Crippen molar-refractivity contribution in [1.82, 2.24) is 14.9 Å². The molecule has 112 valence electrons. The Bertz CT molecular complexity index is 491. The second-order valence-corrected chi connectivity index (χ2v) is 6.29. The van der Waals surface area contributed by atoms with E-state index in [0.29, 0.717) is 6.54 Å². The van der Waals surface area contributed by atoms with Crippen LogP contribution in [0, 0.1) is 6.92 Å². The Kier molecular flexibility index (Phi) is 5.22. The van der Waals surface area contributed by atoms with E-state index in [1.165, 1.54) is 7.11 Å². The molecule has 1 aromatic rings. The van der Waals surface area contributed by atoms with Gasteiger partial charge in [0.2, 0.25) is 0 Å². The van der Waals surface area contributed by atoms with Crippen LogP contribution >= 0.6 is 0 Å². The van der Waals surface area contributed by atoms with Crippen LogP contribution in [-0.4, -0.2) is 42.0 Å². The average molecular weight is 279 g/mol. The van der Waals surface area contributed by atoms with Gasteiger partial charge in [-0.15, -0.1) is 0 Å². The summed E-state index contributed by atoms with van der Waals surface area (Å²) in [6.07, 6.45) is 0.219. The minimum Gasteiger partial charge on any atom is -0.469 e. The summed E-state index contributed by atoms with van der Waals surface area (Å²) in [5.41, 5.74) is 2.52. The molecule has 0 fully saturated rings. The molecule has 0 spiro atoms. The van der Waals surface area contributed by atoms with Crippen molar-refractivity contribution >= 4 is 5.97 Å². The highest BCUT2D eigenvalue weighted by atomic mass is 16.5. The Morgan fingerprint density at radius 1 is 1.25 bits per heavy atom. The fourth-order valence-electron chi connectivity index (χ4n) is 2.06. The lowest BCUT2D eigenvalue weighted by Gasteiger charge is -2.23. The van der Waals surface area contributed by atoms with Gasteiger partial charge in [0, 0.05) is 16.7 Å². The molecule has 0 aliphatic rings. The van der Waals surface area contributed by atoms with E-state index in [4.69, 9.17) is 4.74 Å². The number of aromatic nitrogens is 2. The molecule has 0 amide bonds. The molecule has 5 heteroatoms. The fraction of sp³-hybridized carbons (Fsp3) is 0.667. The van der Waals surface area contributed by atoms with E-state index in [-0.39, 0.29) is 17.8 Å². The zero-order valence-electron chi connectivity index (χ0n) is 13.6. The SMILES string of the molecule is COC(=O)Cc1c(C)nc(CN(C)C)nc1C(C)(C)C. The van der Waals surface area contributed by atoms with Gasteiger partial charge in [-0.05, 0) is 21.0 Å². The molecule has 1 rings (SSSR count). The highest BCUT2D eigenvalue weighted by Gasteiger charge is 2.24. The summed E-state index contributed by atoms with van der Waals surface area (Å²) in [7, 11) is 5.37. The van der Waals surface area contributed by atoms with Crippen LogP contribution in [0.3, 0.4) is 0 Å². The molecule has 0 bridgehead atoms. The molecule has 0 radical (unpaired) electrons. The van der Waals surface area contributed by atoms with Gasteiger partial charge in [0.1, 0.15) is 5.82 Å². The number of hydrogen-bond donors (Lipinski definition) is 0. The third-order valence-electron chi connectivity index (χ3n) is 2.98. The number of carbonyl (C=O) groups is 1. The maximum atomic E-state index is 11.6. The standard InChI is InChI=1S/C15H25N3O2/c1-10-11(8-13(19)20-7)14(15(2,3)4)17-12(16-10)9-18(5)6/h8-9H2,1-7H3. The summed E-state index contributed by atoms with van der Waals surface area (Å²) in [4.78, 5) is 22.8. The number of methoxy groups -OCH3 is 1. The number of rotatable bonds is 4. The number of carbonyl (C=O) groups excluding carboxylic acids is 1. The zero-order chi connectivity index (χ0) is 15.5. The molecule has 0 atom stereocenters. The van der Waals surface area contributed by atoms with Crippen LogP contribution in [0.1, 0.15) is 43.5 Å². The third-order valence-corrected chi connectivity index (χ3v) is 2.98. The minimum absolute atomic E-state index is 0.141. The Balaban J connectivity index is 3.31. The van der Waals surface area contributed by atoms with Gasteiger partial charge < -0.3 is 9.64 Å². The second kappa shape index (κ2) is 6.31. The number of hydrogen-bond acceptors (Lipinski definition) is 5. The van der Waals surface area contributed by atoms with Crippen molar-refractivity contribution in [2.45, 2.75) is 46.1 Å². The molecule has 0 aromatic carbocycles. The van der Waals surface area contributed by atoms with Gasteiger partial charge >= 0.3 is 5.97 Å². The van der Waals surface area contributed by atoms with E-state index in [1.807, 2.05) is 25.9 Å². The van der Waals surface area contributed by atoms with Crippen molar-refractivity contribution in [1.29, 1.82) is 0 Å². The molecular formula is C15H25N3O2. The lowest BCUT2D eigenvalue weighted by Crippen LogP contribution is -2.24. The zero-order valence-corrected chi connectivity index (χ0v) is 13.6. The maximum Gasteiger partial charge on any atom is 0.310 e. The molecule has 1 aromatic heterocycles. The highest BCUT2D eigenvalue weighted by molar-refractivity contribution is 5.73. The normalized spacial score (nSPS) is 11.8. The quantitative estimate of drug-likeness (QED) is 0.787. The van der Waals surface area contributed by atoms with Gasteiger partial charge in [0.05, 0.1) is 25.8 Å². The van der Waals surface area contributed by atoms with Crippen LogP contribution in [0.2, 0.25) is 0 Å². The van der Waals surface area contributed by atoms with Crippen molar-refractivity contribution in [2.75, 3.05) is 21.2 Å². The van der Waals surface area contributed by atoms with Crippen molar-refractivity contribution in [2.24, 2.45) is 0 Å². The van der Waals surface area contributed by atoms with E-state index in [9.17, 15) is 4.79 Å². The molecule has 0 N–H and O–H groups in total. The van der Waals surface area contributed by atoms with Gasteiger partial charge in [-0.3, -0.25) is 4.79 Å². The molecule has 0 aliphatic carbocycles. The Hall–Kier alpha value is -1.49. The van der Waals surface area contributed by atoms with Crippen LogP contribution in [0.4, 0.5) is 0 Å². The van der Waals surface area contributed by atoms with E-state index in [0.717, 1.165) is 22.8 Å². The predicted octanol–water partition coefficient (Wildman–Crippen LogP) is 1.86. The highest BCUT2D eigenvalue weighted by Crippen LogP contribution is 2.26. The third kappa shape index (κ3) is 4.27. The topological polar surface area (TPSA) is 55.3 Å². The lowest BCUT2D eigenvalue weighted by atomic mass is 9.87. The first-order valence-electron chi connectivity index (χ1n) is 6.73. The van der Waals surface area contributed by atoms with Crippen molar-refractivity contribution in [3.05, 3.63) is 22.8 Å². The van der Waals surface area contributed by atoms with E-state index >= 15 is 0 Å². The summed E-state index contributed by atoms with van der Waals surface area (Å²) in [5.74, 6) is 0.522. The molecule has 0 saturated heterocycles. The van der Waals surface area contributed by atoms with Gasteiger partial charge in [-0.2, -0.15) is 0 Å². The van der Waals surface area contributed by atoms with Crippen LogP contribution < -0.4 is 0 Å². The van der Waals surface area contributed by atoms with Crippen molar-refractivity contribution in [3.63, 3.8) is 0 Å². The molecular weight excluding hydrogens is 254 g/mol. The van der Waals surface area contributed by atoms with E-state index < -0.39 is 0 Å². The van der Waals surface area contributed by atoms with Crippen LogP contribution in [0.15, 0.2) is 0 Å². The van der Waals surface area contributed by atoms with Crippen molar-refractivity contribution < 1.29 is 9.53 Å². The molecule has 0 saturated carbocycles. The molecule has 20 heavy (non-hydrogen) atoms. The summed E-state index contributed by atoms with van der Waals surface area (Å²) in [6.45, 7) is 8.88. The van der Waals surface area contributed by atoms with E-state index in [2.05, 4.69) is 30.7 Å². The van der Waals surface area contributed by atoms with Gasteiger partial charge in [-0.25, -0.2) is 9.97 Å². The minimum atomic E-state index is -0.262. The van der Waals surface area contributed by atoms with Crippen LogP contribution in [0.5, 0.6) is 0 Å². The second-order valence-electron chi connectivity index (χ2n) is 6.29. The number of ether oxygens (including phenoxy) is 1. The average Bonchev–Trinajstić information content (AvgIpc) is 2.29. The smallest absolute Gasteiger partial charge is 0.310 e. The number of nitrogens with zero attached hydrogens (tertiary/aromatic N) is 3. The van der Waals surface area contributed by atoms with Gasteiger partial charge in [0.25, 0.3) is 0 Å². The summed E-state index contributed by atoms with van der Waals surface area (Å²) in [6, 6.07) is 0. The fourth-order valence-corrected chi connectivity index (χ4v) is 2.06. The monoisotopic (exact) mass is 279 g/mol. The van der Waals surface area contributed by atoms with Gasteiger partial charge in [0.15, 0.2) is 0 Å². The predicted molar refractivity (Wildman–Crippen MR) is 78.6 cm³/mol. The Morgan fingerprint density at radius 2 is 1.85 bits per heavy atom. The first-order valence-corrected chi connectivity index (χ1v) is 6.73. The number of esters is 1. The van der Waals surface area contributed by atoms with Gasteiger partial charge in [-0.1, -0.05) is 20.8 Å². The maximum absolute atomic E-state index is 11.6. The first-order chi connectivity index (χ1) is 9.15. The largest absolute Gasteiger partial charge is 0.469 e. The molecule has 0 unspecified atom stereocenters. The molecule has 1 heterocycles.